The fraction of sp³-hybridized carbons (Fsp3) is 0.391. The molecule has 3 amide bonds. The molecule has 1 aliphatic heterocycles. The molecule has 0 radical (unpaired) electrons. The van der Waals surface area contributed by atoms with Crippen molar-refractivity contribution in [2.45, 2.75) is 49.3 Å². The quantitative estimate of drug-likeness (QED) is 0.768. The molecular formula is C23H23N3O3S. The molecule has 2 heterocycles. The first-order valence-corrected chi connectivity index (χ1v) is 11.0. The van der Waals surface area contributed by atoms with Crippen molar-refractivity contribution in [3.63, 3.8) is 0 Å². The molecule has 0 bridgehead atoms. The van der Waals surface area contributed by atoms with Crippen LogP contribution in [0.1, 0.15) is 44.1 Å². The molecule has 1 saturated heterocycles. The Labute approximate surface area is 179 Å². The molecule has 7 heteroatoms. The lowest BCUT2D eigenvalue weighted by Gasteiger charge is -2.33. The van der Waals surface area contributed by atoms with Crippen molar-refractivity contribution in [3.05, 3.63) is 42.1 Å². The maximum atomic E-state index is 12.7. The lowest BCUT2D eigenvalue weighted by Crippen LogP contribution is -2.49. The first-order valence-electron chi connectivity index (χ1n) is 10.1. The molecule has 1 N–H and O–H groups in total. The summed E-state index contributed by atoms with van der Waals surface area (Å²) in [5.74, 6) is 5.96. The standard InChI is InChI=1S/C23H23N3O3S/c1-26-21(28)19(30-22(26)29)14-20(27)25-23(10-5-2-6-11-23)12-9-16-13-17-7-3-4-8-18(17)24-15-16/h3-4,7-8,13,15,19H,2,5-6,10-11,14H2,1H3,(H,25,27). The minimum Gasteiger partial charge on any atom is -0.340 e. The molecule has 2 aliphatic rings. The first-order chi connectivity index (χ1) is 14.5. The molecular weight excluding hydrogens is 398 g/mol. The highest BCUT2D eigenvalue weighted by Crippen LogP contribution is 2.30. The molecule has 1 aliphatic carbocycles. The van der Waals surface area contributed by atoms with Crippen molar-refractivity contribution < 1.29 is 14.4 Å². The van der Waals surface area contributed by atoms with Gasteiger partial charge in [-0.05, 0) is 25.0 Å². The highest BCUT2D eigenvalue weighted by atomic mass is 32.2. The second kappa shape index (κ2) is 8.49. The van der Waals surface area contributed by atoms with Gasteiger partial charge in [0.1, 0.15) is 10.8 Å². The summed E-state index contributed by atoms with van der Waals surface area (Å²) in [6, 6.07) is 9.88. The van der Waals surface area contributed by atoms with E-state index < -0.39 is 10.8 Å². The second-order valence-electron chi connectivity index (χ2n) is 7.83. The number of amides is 3. The molecule has 1 saturated carbocycles. The fourth-order valence-corrected chi connectivity index (χ4v) is 4.93. The lowest BCUT2D eigenvalue weighted by atomic mass is 9.81. The zero-order valence-electron chi connectivity index (χ0n) is 16.8. The van der Waals surface area contributed by atoms with Crippen molar-refractivity contribution >= 4 is 39.7 Å². The Morgan fingerprint density at radius 1 is 1.27 bits per heavy atom. The highest BCUT2D eigenvalue weighted by molar-refractivity contribution is 8.15. The number of rotatable bonds is 3. The van der Waals surface area contributed by atoms with Crippen LogP contribution in [-0.2, 0) is 9.59 Å². The Morgan fingerprint density at radius 2 is 2.03 bits per heavy atom. The number of imide groups is 1. The molecule has 1 atom stereocenters. The summed E-state index contributed by atoms with van der Waals surface area (Å²) in [7, 11) is 1.45. The molecule has 1 aromatic carbocycles. The molecule has 1 unspecified atom stereocenters. The van der Waals surface area contributed by atoms with Gasteiger partial charge in [-0.25, -0.2) is 0 Å². The molecule has 1 aromatic heterocycles. The third-order valence-electron chi connectivity index (χ3n) is 5.62. The van der Waals surface area contributed by atoms with Crippen molar-refractivity contribution in [3.8, 4) is 11.8 Å². The number of para-hydroxylation sites is 1. The van der Waals surface area contributed by atoms with Crippen LogP contribution >= 0.6 is 11.8 Å². The van der Waals surface area contributed by atoms with Crippen molar-refractivity contribution in [2.75, 3.05) is 7.05 Å². The maximum absolute atomic E-state index is 12.7. The third-order valence-corrected chi connectivity index (χ3v) is 6.74. The number of fused-ring (bicyclic) bond motifs is 1. The van der Waals surface area contributed by atoms with Gasteiger partial charge in [0.05, 0.1) is 5.52 Å². The van der Waals surface area contributed by atoms with Crippen LogP contribution < -0.4 is 5.32 Å². The largest absolute Gasteiger partial charge is 0.340 e. The van der Waals surface area contributed by atoms with Gasteiger partial charge >= 0.3 is 0 Å². The molecule has 2 aromatic rings. The number of aromatic nitrogens is 1. The van der Waals surface area contributed by atoms with Gasteiger partial charge in [-0.2, -0.15) is 0 Å². The van der Waals surface area contributed by atoms with E-state index >= 15 is 0 Å². The molecule has 4 rings (SSSR count). The maximum Gasteiger partial charge on any atom is 0.288 e. The summed E-state index contributed by atoms with van der Waals surface area (Å²) in [5, 5.41) is 3.15. The van der Waals surface area contributed by atoms with E-state index in [0.717, 1.165) is 65.2 Å². The van der Waals surface area contributed by atoms with Gasteiger partial charge < -0.3 is 5.32 Å². The predicted molar refractivity (Wildman–Crippen MR) is 117 cm³/mol. The zero-order chi connectivity index (χ0) is 21.1. The minimum absolute atomic E-state index is 0.0134. The summed E-state index contributed by atoms with van der Waals surface area (Å²) in [4.78, 5) is 42.1. The summed E-state index contributed by atoms with van der Waals surface area (Å²) in [5.41, 5.74) is 1.12. The molecule has 154 valence electrons. The van der Waals surface area contributed by atoms with Crippen LogP contribution in [0.25, 0.3) is 10.9 Å². The SMILES string of the molecule is CN1C(=O)SC(CC(=O)NC2(C#Cc3cnc4ccccc4c3)CCCCC2)C1=O. The van der Waals surface area contributed by atoms with Crippen molar-refractivity contribution in [1.29, 1.82) is 0 Å². The number of nitrogens with one attached hydrogen (secondary N) is 1. The molecule has 2 fully saturated rings. The van der Waals surface area contributed by atoms with Gasteiger partial charge in [0.25, 0.3) is 5.24 Å². The zero-order valence-corrected chi connectivity index (χ0v) is 17.6. The van der Waals surface area contributed by atoms with Crippen LogP contribution in [0.4, 0.5) is 4.79 Å². The number of hydrogen-bond acceptors (Lipinski definition) is 5. The van der Waals surface area contributed by atoms with Crippen LogP contribution in [0.15, 0.2) is 36.5 Å². The number of hydrogen-bond donors (Lipinski definition) is 1. The fourth-order valence-electron chi connectivity index (χ4n) is 3.94. The van der Waals surface area contributed by atoms with Crippen LogP contribution in [-0.4, -0.2) is 44.8 Å². The van der Waals surface area contributed by atoms with Crippen LogP contribution in [0.3, 0.4) is 0 Å². The van der Waals surface area contributed by atoms with E-state index in [1.54, 1.807) is 6.20 Å². The molecule has 30 heavy (non-hydrogen) atoms. The Kier molecular flexibility index (Phi) is 5.78. The monoisotopic (exact) mass is 421 g/mol. The smallest absolute Gasteiger partial charge is 0.288 e. The lowest BCUT2D eigenvalue weighted by molar-refractivity contribution is -0.129. The van der Waals surface area contributed by atoms with Gasteiger partial charge in [-0.15, -0.1) is 0 Å². The molecule has 0 spiro atoms. The number of benzene rings is 1. The first kappa shape index (κ1) is 20.4. The van der Waals surface area contributed by atoms with Gasteiger partial charge in [-0.1, -0.05) is 61.1 Å². The topological polar surface area (TPSA) is 79.4 Å². The van der Waals surface area contributed by atoms with Crippen molar-refractivity contribution in [2.24, 2.45) is 0 Å². The van der Waals surface area contributed by atoms with E-state index in [9.17, 15) is 14.4 Å². The van der Waals surface area contributed by atoms with Gasteiger partial charge in [0, 0.05) is 30.6 Å². The second-order valence-corrected chi connectivity index (χ2v) is 8.99. The van der Waals surface area contributed by atoms with E-state index in [2.05, 4.69) is 22.1 Å². The van der Waals surface area contributed by atoms with Crippen LogP contribution in [0.5, 0.6) is 0 Å². The Hall–Kier alpha value is -2.85. The van der Waals surface area contributed by atoms with E-state index in [1.165, 1.54) is 7.05 Å². The Bertz CT molecular complexity index is 1070. The summed E-state index contributed by atoms with van der Waals surface area (Å²) >= 11 is 0.915. The average Bonchev–Trinajstić information content (AvgIpc) is 2.99. The summed E-state index contributed by atoms with van der Waals surface area (Å²) < 4.78 is 0. The van der Waals surface area contributed by atoms with Crippen molar-refractivity contribution in [1.82, 2.24) is 15.2 Å². The number of thioether (sulfide) groups is 1. The van der Waals surface area contributed by atoms with Gasteiger partial charge in [0.2, 0.25) is 11.8 Å². The summed E-state index contributed by atoms with van der Waals surface area (Å²) in [6.07, 6.45) is 6.39. The van der Waals surface area contributed by atoms with E-state index in [1.807, 2.05) is 30.3 Å². The van der Waals surface area contributed by atoms with Gasteiger partial charge in [-0.3, -0.25) is 24.3 Å². The highest BCUT2D eigenvalue weighted by Gasteiger charge is 2.40. The van der Waals surface area contributed by atoms with E-state index in [4.69, 9.17) is 0 Å². The number of carbonyl (C=O) groups is 3. The Balaban J connectivity index is 1.51. The number of nitrogens with zero attached hydrogens (tertiary/aromatic N) is 2. The molecule has 6 nitrogen and oxygen atoms in total. The number of pyridine rings is 1. The average molecular weight is 422 g/mol. The normalized spacial score (nSPS) is 20.7. The van der Waals surface area contributed by atoms with Crippen LogP contribution in [0, 0.1) is 11.8 Å². The number of carbonyl (C=O) groups excluding carboxylic acids is 3. The van der Waals surface area contributed by atoms with E-state index in [-0.39, 0.29) is 23.5 Å². The van der Waals surface area contributed by atoms with Gasteiger partial charge in [0.15, 0.2) is 0 Å². The van der Waals surface area contributed by atoms with E-state index in [0.29, 0.717) is 0 Å². The minimum atomic E-state index is -0.652. The predicted octanol–water partition coefficient (Wildman–Crippen LogP) is 3.49. The summed E-state index contributed by atoms with van der Waals surface area (Å²) in [6.45, 7) is 0. The Morgan fingerprint density at radius 3 is 2.77 bits per heavy atom. The third kappa shape index (κ3) is 4.34. The van der Waals surface area contributed by atoms with Crippen LogP contribution in [0.2, 0.25) is 0 Å².